The smallest absolute Gasteiger partial charge is 0.129 e. The third-order valence-corrected chi connectivity index (χ3v) is 1.15. The minimum absolute atomic E-state index is 0.260. The zero-order valence-corrected chi connectivity index (χ0v) is 5.67. The van der Waals surface area contributed by atoms with E-state index in [9.17, 15) is 4.39 Å². The monoisotopic (exact) mass is 139 g/mol. The maximum Gasteiger partial charge on any atom is 0.129 e. The van der Waals surface area contributed by atoms with Gasteiger partial charge in [-0.15, -0.1) is 0 Å². The first-order valence-electron chi connectivity index (χ1n) is 2.95. The van der Waals surface area contributed by atoms with Crippen LogP contribution in [0.2, 0.25) is 0 Å². The van der Waals surface area contributed by atoms with Crippen LogP contribution in [0.3, 0.4) is 0 Å². The second-order valence-corrected chi connectivity index (χ2v) is 1.88. The van der Waals surface area contributed by atoms with Gasteiger partial charge in [0, 0.05) is 12.7 Å². The summed E-state index contributed by atoms with van der Waals surface area (Å²) >= 11 is 0. The summed E-state index contributed by atoms with van der Waals surface area (Å²) in [6.07, 6.45) is 0. The van der Waals surface area contributed by atoms with Crippen molar-refractivity contribution in [3.05, 3.63) is 42.3 Å². The van der Waals surface area contributed by atoms with Crippen molar-refractivity contribution in [2.24, 2.45) is 0 Å². The van der Waals surface area contributed by atoms with Gasteiger partial charge < -0.3 is 4.74 Å². The molecule has 1 aromatic rings. The molecule has 1 rings (SSSR count). The topological polar surface area (TPSA) is 9.23 Å². The molecule has 0 aromatic heterocycles. The summed E-state index contributed by atoms with van der Waals surface area (Å²) in [4.78, 5) is 0. The first-order valence-corrected chi connectivity index (χ1v) is 2.95. The van der Waals surface area contributed by atoms with E-state index in [4.69, 9.17) is 0 Å². The Morgan fingerprint density at radius 2 is 2.10 bits per heavy atom. The molecule has 10 heavy (non-hydrogen) atoms. The summed E-state index contributed by atoms with van der Waals surface area (Å²) in [6, 6.07) is 6.44. The van der Waals surface area contributed by atoms with Crippen LogP contribution >= 0.6 is 0 Å². The van der Waals surface area contributed by atoms with Gasteiger partial charge >= 0.3 is 0 Å². The molecule has 0 N–H and O–H groups in total. The molecule has 0 amide bonds. The van der Waals surface area contributed by atoms with Gasteiger partial charge in [-0.05, 0) is 6.07 Å². The molecule has 0 fully saturated rings. The van der Waals surface area contributed by atoms with Gasteiger partial charge in [0.1, 0.15) is 12.4 Å². The van der Waals surface area contributed by atoms with E-state index in [2.05, 4.69) is 4.74 Å². The Morgan fingerprint density at radius 1 is 1.40 bits per heavy atom. The summed E-state index contributed by atoms with van der Waals surface area (Å²) in [5, 5.41) is 0. The van der Waals surface area contributed by atoms with Gasteiger partial charge in [0.25, 0.3) is 0 Å². The average molecular weight is 139 g/mol. The second-order valence-electron chi connectivity index (χ2n) is 1.88. The van der Waals surface area contributed by atoms with E-state index in [0.717, 1.165) is 0 Å². The van der Waals surface area contributed by atoms with Crippen LogP contribution in [-0.4, -0.2) is 7.11 Å². The zero-order chi connectivity index (χ0) is 7.40. The highest BCUT2D eigenvalue weighted by Crippen LogP contribution is 2.07. The first kappa shape index (κ1) is 7.22. The van der Waals surface area contributed by atoms with E-state index in [-0.39, 0.29) is 5.82 Å². The van der Waals surface area contributed by atoms with Crippen LogP contribution in [0.25, 0.3) is 0 Å². The summed E-state index contributed by atoms with van der Waals surface area (Å²) in [5.41, 5.74) is 0.477. The molecule has 1 nitrogen and oxygen atoms in total. The van der Waals surface area contributed by atoms with Gasteiger partial charge in [-0.1, -0.05) is 18.2 Å². The Labute approximate surface area is 59.4 Å². The SMILES string of the molecule is CO[CH]c1ccccc1F. The van der Waals surface area contributed by atoms with E-state index in [1.54, 1.807) is 18.2 Å². The predicted octanol–water partition coefficient (Wildman–Crippen LogP) is 1.98. The van der Waals surface area contributed by atoms with E-state index < -0.39 is 0 Å². The van der Waals surface area contributed by atoms with Crippen LogP contribution in [0.4, 0.5) is 4.39 Å². The molecule has 0 aliphatic heterocycles. The average Bonchev–Trinajstić information content (AvgIpc) is 1.94. The van der Waals surface area contributed by atoms with Crippen LogP contribution in [0, 0.1) is 12.4 Å². The van der Waals surface area contributed by atoms with Gasteiger partial charge in [0.15, 0.2) is 0 Å². The van der Waals surface area contributed by atoms with Gasteiger partial charge in [-0.2, -0.15) is 0 Å². The molecular formula is C8H8FO. The third-order valence-electron chi connectivity index (χ3n) is 1.15. The number of halogens is 1. The maximum atomic E-state index is 12.7. The highest BCUT2D eigenvalue weighted by molar-refractivity contribution is 5.21. The fourth-order valence-corrected chi connectivity index (χ4v) is 0.698. The van der Waals surface area contributed by atoms with E-state index in [1.807, 2.05) is 0 Å². The normalized spacial score (nSPS) is 9.80. The van der Waals surface area contributed by atoms with E-state index >= 15 is 0 Å². The van der Waals surface area contributed by atoms with Crippen molar-refractivity contribution in [3.63, 3.8) is 0 Å². The second kappa shape index (κ2) is 3.32. The van der Waals surface area contributed by atoms with E-state index in [0.29, 0.717) is 5.56 Å². The minimum atomic E-state index is -0.260. The van der Waals surface area contributed by atoms with E-state index in [1.165, 1.54) is 19.8 Å². The van der Waals surface area contributed by atoms with Crippen LogP contribution in [0.5, 0.6) is 0 Å². The Bertz CT molecular complexity index is 210. The minimum Gasteiger partial charge on any atom is -0.374 e. The lowest BCUT2D eigenvalue weighted by Crippen LogP contribution is -1.87. The van der Waals surface area contributed by atoms with Gasteiger partial charge in [-0.25, -0.2) is 4.39 Å². The summed E-state index contributed by atoms with van der Waals surface area (Å²) in [7, 11) is 1.49. The van der Waals surface area contributed by atoms with Crippen molar-refractivity contribution in [3.8, 4) is 0 Å². The number of hydrogen-bond donors (Lipinski definition) is 0. The third kappa shape index (κ3) is 1.54. The van der Waals surface area contributed by atoms with Crippen molar-refractivity contribution in [2.75, 3.05) is 7.11 Å². The molecule has 0 aliphatic rings. The Kier molecular flexibility index (Phi) is 2.40. The highest BCUT2D eigenvalue weighted by atomic mass is 19.1. The number of benzene rings is 1. The van der Waals surface area contributed by atoms with Gasteiger partial charge in [-0.3, -0.25) is 0 Å². The molecule has 0 spiro atoms. The van der Waals surface area contributed by atoms with Crippen molar-refractivity contribution in [2.45, 2.75) is 0 Å². The molecule has 0 aliphatic carbocycles. The predicted molar refractivity (Wildman–Crippen MR) is 36.8 cm³/mol. The molecule has 2 heteroatoms. The van der Waals surface area contributed by atoms with Gasteiger partial charge in [0.2, 0.25) is 0 Å². The molecular weight excluding hydrogens is 131 g/mol. The van der Waals surface area contributed by atoms with Crippen LogP contribution in [0.1, 0.15) is 5.56 Å². The first-order chi connectivity index (χ1) is 4.84. The molecule has 0 bridgehead atoms. The maximum absolute atomic E-state index is 12.7. The number of ether oxygens (including phenoxy) is 1. The van der Waals surface area contributed by atoms with Crippen molar-refractivity contribution in [1.82, 2.24) is 0 Å². The standard InChI is InChI=1S/C8H8FO/c1-10-6-7-4-2-3-5-8(7)9/h2-6H,1H3. The van der Waals surface area contributed by atoms with Crippen LogP contribution in [-0.2, 0) is 4.74 Å². The number of methoxy groups -OCH3 is 1. The lowest BCUT2D eigenvalue weighted by molar-refractivity contribution is 0.289. The Morgan fingerprint density at radius 3 is 2.70 bits per heavy atom. The largest absolute Gasteiger partial charge is 0.374 e. The Balaban J connectivity index is 2.81. The molecule has 1 radical (unpaired) electrons. The van der Waals surface area contributed by atoms with Crippen LogP contribution in [0.15, 0.2) is 24.3 Å². The number of hydrogen-bond acceptors (Lipinski definition) is 1. The molecule has 0 heterocycles. The molecule has 0 saturated carbocycles. The molecule has 0 atom stereocenters. The summed E-state index contributed by atoms with van der Waals surface area (Å²) in [5.74, 6) is -0.260. The molecule has 53 valence electrons. The Hall–Kier alpha value is -0.890. The van der Waals surface area contributed by atoms with Gasteiger partial charge in [0.05, 0.1) is 0 Å². The lowest BCUT2D eigenvalue weighted by Gasteiger charge is -1.97. The zero-order valence-electron chi connectivity index (χ0n) is 5.67. The van der Waals surface area contributed by atoms with Crippen LogP contribution < -0.4 is 0 Å². The quantitative estimate of drug-likeness (QED) is 0.608. The molecule has 0 saturated heterocycles. The number of rotatable bonds is 2. The fourth-order valence-electron chi connectivity index (χ4n) is 0.698. The fraction of sp³-hybridized carbons (Fsp3) is 0.125. The summed E-state index contributed by atoms with van der Waals surface area (Å²) in [6.45, 7) is 1.37. The lowest BCUT2D eigenvalue weighted by atomic mass is 10.2. The molecule has 1 aromatic carbocycles. The van der Waals surface area contributed by atoms with Crippen molar-refractivity contribution in [1.29, 1.82) is 0 Å². The molecule has 0 unspecified atom stereocenters. The summed E-state index contributed by atoms with van der Waals surface area (Å²) < 4.78 is 17.3. The van der Waals surface area contributed by atoms with Crippen molar-refractivity contribution < 1.29 is 9.13 Å². The van der Waals surface area contributed by atoms with Crippen molar-refractivity contribution >= 4 is 0 Å². The highest BCUT2D eigenvalue weighted by Gasteiger charge is 1.97.